The maximum atomic E-state index is 12.6. The molecule has 1 aromatic carbocycles. The molecule has 1 saturated heterocycles. The van der Waals surface area contributed by atoms with Crippen molar-refractivity contribution in [2.24, 2.45) is 0 Å². The molecule has 134 valence electrons. The van der Waals surface area contributed by atoms with Gasteiger partial charge >= 0.3 is 0 Å². The largest absolute Gasteiger partial charge is 0.411 e. The minimum absolute atomic E-state index is 0.135. The summed E-state index contributed by atoms with van der Waals surface area (Å²) in [6, 6.07) is 7.93. The average molecular weight is 360 g/mol. The summed E-state index contributed by atoms with van der Waals surface area (Å²) in [5, 5.41) is 8.37. The third kappa shape index (κ3) is 4.41. The number of hydrogen-bond acceptors (Lipinski definition) is 6. The van der Waals surface area contributed by atoms with Crippen molar-refractivity contribution in [3.8, 4) is 11.5 Å². The fraction of sp³-hybridized carbons (Fsp3) is 0.500. The molecule has 0 spiro atoms. The van der Waals surface area contributed by atoms with Crippen molar-refractivity contribution in [3.05, 3.63) is 29.8 Å². The van der Waals surface area contributed by atoms with Crippen LogP contribution in [0, 0.1) is 6.92 Å². The summed E-state index contributed by atoms with van der Waals surface area (Å²) < 4.78 is 5.71. The predicted octanol–water partition coefficient (Wildman–Crippen LogP) is 2.69. The number of thioether (sulfide) groups is 1. The Morgan fingerprint density at radius 2 is 1.88 bits per heavy atom. The number of amides is 1. The quantitative estimate of drug-likeness (QED) is 0.764. The maximum Gasteiger partial charge on any atom is 0.277 e. The molecule has 1 fully saturated rings. The number of benzene rings is 1. The van der Waals surface area contributed by atoms with Crippen LogP contribution in [0.3, 0.4) is 0 Å². The van der Waals surface area contributed by atoms with Crippen LogP contribution in [0.4, 0.5) is 0 Å². The normalized spacial score (nSPS) is 16.8. The van der Waals surface area contributed by atoms with E-state index in [9.17, 15) is 4.79 Å². The first-order valence-corrected chi connectivity index (χ1v) is 9.53. The third-order valence-electron chi connectivity index (χ3n) is 4.46. The molecule has 1 atom stereocenters. The van der Waals surface area contributed by atoms with E-state index < -0.39 is 0 Å². The number of aryl methyl sites for hydroxylation is 1. The van der Waals surface area contributed by atoms with E-state index in [0.29, 0.717) is 11.1 Å². The van der Waals surface area contributed by atoms with Gasteiger partial charge in [0.15, 0.2) is 0 Å². The third-order valence-corrected chi connectivity index (χ3v) is 5.38. The Hall–Kier alpha value is -1.86. The lowest BCUT2D eigenvalue weighted by Gasteiger charge is -2.35. The molecule has 6 nitrogen and oxygen atoms in total. The van der Waals surface area contributed by atoms with E-state index in [-0.39, 0.29) is 11.2 Å². The van der Waals surface area contributed by atoms with Crippen molar-refractivity contribution in [3.63, 3.8) is 0 Å². The van der Waals surface area contributed by atoms with Gasteiger partial charge in [-0.15, -0.1) is 10.2 Å². The molecular formula is C18H24N4O2S. The lowest BCUT2D eigenvalue weighted by atomic mass is 10.1. The van der Waals surface area contributed by atoms with Crippen LogP contribution in [0.25, 0.3) is 11.5 Å². The fourth-order valence-corrected chi connectivity index (χ4v) is 3.58. The molecule has 0 bridgehead atoms. The first-order valence-electron chi connectivity index (χ1n) is 8.65. The minimum atomic E-state index is -0.237. The molecule has 25 heavy (non-hydrogen) atoms. The Morgan fingerprint density at radius 3 is 2.52 bits per heavy atom. The Balaban J connectivity index is 1.59. The Bertz CT molecular complexity index is 708. The first-order chi connectivity index (χ1) is 12.1. The topological polar surface area (TPSA) is 62.5 Å². The van der Waals surface area contributed by atoms with Gasteiger partial charge in [-0.1, -0.05) is 36.4 Å². The first kappa shape index (κ1) is 17.9. The van der Waals surface area contributed by atoms with Crippen molar-refractivity contribution < 1.29 is 9.21 Å². The van der Waals surface area contributed by atoms with E-state index in [1.807, 2.05) is 43.0 Å². The van der Waals surface area contributed by atoms with Crippen molar-refractivity contribution in [2.45, 2.75) is 31.2 Å². The zero-order valence-electron chi connectivity index (χ0n) is 14.9. The molecule has 2 heterocycles. The fourth-order valence-electron chi connectivity index (χ4n) is 2.81. The zero-order chi connectivity index (χ0) is 17.8. The van der Waals surface area contributed by atoms with Crippen LogP contribution in [0.1, 0.15) is 19.4 Å². The van der Waals surface area contributed by atoms with Crippen LogP contribution in [-0.4, -0.2) is 63.9 Å². The molecule has 3 rings (SSSR count). The molecule has 0 aliphatic carbocycles. The second-order valence-corrected chi connectivity index (χ2v) is 7.55. The SMILES string of the molecule is CCN1CCN(C(=O)[C@@H](C)Sc2nnc(-c3ccc(C)cc3)o2)CC1. The van der Waals surface area contributed by atoms with Gasteiger partial charge in [0.05, 0.1) is 5.25 Å². The number of aromatic nitrogens is 2. The lowest BCUT2D eigenvalue weighted by molar-refractivity contribution is -0.132. The highest BCUT2D eigenvalue weighted by Gasteiger charge is 2.26. The lowest BCUT2D eigenvalue weighted by Crippen LogP contribution is -2.50. The molecule has 0 saturated carbocycles. The summed E-state index contributed by atoms with van der Waals surface area (Å²) in [4.78, 5) is 16.9. The van der Waals surface area contributed by atoms with E-state index in [4.69, 9.17) is 4.42 Å². The van der Waals surface area contributed by atoms with Gasteiger partial charge in [0, 0.05) is 31.7 Å². The van der Waals surface area contributed by atoms with Crippen LogP contribution in [0.5, 0.6) is 0 Å². The van der Waals surface area contributed by atoms with Gasteiger partial charge in [-0.2, -0.15) is 0 Å². The monoisotopic (exact) mass is 360 g/mol. The number of carbonyl (C=O) groups excluding carboxylic acids is 1. The van der Waals surface area contributed by atoms with Crippen molar-refractivity contribution in [1.29, 1.82) is 0 Å². The highest BCUT2D eigenvalue weighted by atomic mass is 32.2. The highest BCUT2D eigenvalue weighted by molar-refractivity contribution is 8.00. The van der Waals surface area contributed by atoms with Gasteiger partial charge in [-0.05, 0) is 32.5 Å². The highest BCUT2D eigenvalue weighted by Crippen LogP contribution is 2.27. The number of likely N-dealkylation sites (N-methyl/N-ethyl adjacent to an activating group) is 1. The maximum absolute atomic E-state index is 12.6. The standard InChI is InChI=1S/C18H24N4O2S/c1-4-21-9-11-22(12-10-21)17(23)14(3)25-18-20-19-16(24-18)15-7-5-13(2)6-8-15/h5-8,14H,4,9-12H2,1-3H3/t14-/m1/s1. The number of nitrogens with zero attached hydrogens (tertiary/aromatic N) is 4. The molecule has 1 amide bonds. The van der Waals surface area contributed by atoms with E-state index in [1.54, 1.807) is 0 Å². The van der Waals surface area contributed by atoms with Crippen LogP contribution in [-0.2, 0) is 4.79 Å². The predicted molar refractivity (Wildman–Crippen MR) is 98.5 cm³/mol. The number of rotatable bonds is 5. The second-order valence-electron chi connectivity index (χ2n) is 6.26. The smallest absolute Gasteiger partial charge is 0.277 e. The Labute approximate surface area is 152 Å². The molecule has 0 N–H and O–H groups in total. The van der Waals surface area contributed by atoms with Crippen molar-refractivity contribution in [1.82, 2.24) is 20.0 Å². The van der Waals surface area contributed by atoms with Crippen molar-refractivity contribution >= 4 is 17.7 Å². The van der Waals surface area contributed by atoms with Gasteiger partial charge in [0.25, 0.3) is 5.22 Å². The molecular weight excluding hydrogens is 336 g/mol. The summed E-state index contributed by atoms with van der Waals surface area (Å²) in [5.74, 6) is 0.620. The van der Waals surface area contributed by atoms with Crippen LogP contribution in [0.2, 0.25) is 0 Å². The van der Waals surface area contributed by atoms with Gasteiger partial charge in [0.2, 0.25) is 11.8 Å². The van der Waals surface area contributed by atoms with Gasteiger partial charge < -0.3 is 14.2 Å². The van der Waals surface area contributed by atoms with Crippen LogP contribution >= 0.6 is 11.8 Å². The van der Waals surface area contributed by atoms with Crippen LogP contribution in [0.15, 0.2) is 33.9 Å². The van der Waals surface area contributed by atoms with E-state index in [2.05, 4.69) is 22.0 Å². The van der Waals surface area contributed by atoms with E-state index in [1.165, 1.54) is 17.3 Å². The Morgan fingerprint density at radius 1 is 1.20 bits per heavy atom. The van der Waals surface area contributed by atoms with Gasteiger partial charge in [0.1, 0.15) is 0 Å². The average Bonchev–Trinajstić information content (AvgIpc) is 3.10. The molecule has 2 aromatic rings. The van der Waals surface area contributed by atoms with Crippen molar-refractivity contribution in [2.75, 3.05) is 32.7 Å². The second kappa shape index (κ2) is 8.01. The van der Waals surface area contributed by atoms with Crippen LogP contribution < -0.4 is 0 Å². The molecule has 0 unspecified atom stereocenters. The molecule has 1 aliphatic rings. The molecule has 0 radical (unpaired) electrons. The van der Waals surface area contributed by atoms with Gasteiger partial charge in [-0.3, -0.25) is 4.79 Å². The summed E-state index contributed by atoms with van der Waals surface area (Å²) in [7, 11) is 0. The summed E-state index contributed by atoms with van der Waals surface area (Å²) in [5.41, 5.74) is 2.07. The number of hydrogen-bond donors (Lipinski definition) is 0. The Kier molecular flexibility index (Phi) is 5.75. The van der Waals surface area contributed by atoms with E-state index in [0.717, 1.165) is 38.3 Å². The van der Waals surface area contributed by atoms with Gasteiger partial charge in [-0.25, -0.2) is 0 Å². The summed E-state index contributed by atoms with van der Waals surface area (Å²) in [6.45, 7) is 10.6. The minimum Gasteiger partial charge on any atom is -0.411 e. The summed E-state index contributed by atoms with van der Waals surface area (Å²) >= 11 is 1.33. The molecule has 1 aliphatic heterocycles. The zero-order valence-corrected chi connectivity index (χ0v) is 15.8. The number of piperazine rings is 1. The number of carbonyl (C=O) groups is 1. The summed E-state index contributed by atoms with van der Waals surface area (Å²) in [6.07, 6.45) is 0. The molecule has 7 heteroatoms. The molecule has 1 aromatic heterocycles. The van der Waals surface area contributed by atoms with E-state index >= 15 is 0 Å².